The molecule has 0 saturated heterocycles. The Kier molecular flexibility index (Phi) is 14.3. The van der Waals surface area contributed by atoms with Crippen molar-refractivity contribution >= 4 is 23.2 Å². The lowest BCUT2D eigenvalue weighted by Crippen LogP contribution is -2.63. The Morgan fingerprint density at radius 1 is 0.667 bits per heavy atom. The zero-order chi connectivity index (χ0) is 39.9. The fourth-order valence-electron chi connectivity index (χ4n) is 14.3. The molecule has 9 heteroatoms. The number of alkyl halides is 1. The minimum absolute atomic E-state index is 0.0103. The van der Waals surface area contributed by atoms with Crippen molar-refractivity contribution in [2.24, 2.45) is 68.5 Å². The monoisotopic (exact) mass is 781 g/mol. The molecular weight excluding hydrogens is 704 g/mol. The van der Waals surface area contributed by atoms with Gasteiger partial charge in [-0.1, -0.05) is 55.4 Å². The zero-order valence-corrected chi connectivity index (χ0v) is 36.9. The molecule has 0 aromatic rings. The van der Waals surface area contributed by atoms with E-state index in [1.54, 1.807) is 14.2 Å². The van der Waals surface area contributed by atoms with Crippen LogP contribution in [-0.2, 0) is 38.0 Å². The summed E-state index contributed by atoms with van der Waals surface area (Å²) in [5.74, 6) is 3.40. The summed E-state index contributed by atoms with van der Waals surface area (Å²) < 4.78 is 35.3. The van der Waals surface area contributed by atoms with Crippen LogP contribution in [0, 0.1) is 68.5 Å². The second kappa shape index (κ2) is 17.3. The SMILES string of the molecule is COCO[C@@H]1C[C@@](C)(CCCCl)C(=O)[C@H](C)C23CC[C@@H](C)[C@]1(C)C2[C@H](OC)CC3.COCO[C@@H]1C[C@H](C)C(=O)[C@H](C)C23CC[C@@H](C)[C@]1(C)C2[C@H](OC)CC3. The number of hydrogen-bond donors (Lipinski definition) is 0. The van der Waals surface area contributed by atoms with Gasteiger partial charge in [0.25, 0.3) is 0 Å². The molecule has 6 fully saturated rings. The summed E-state index contributed by atoms with van der Waals surface area (Å²) in [7, 11) is 7.03. The van der Waals surface area contributed by atoms with Gasteiger partial charge in [-0.15, -0.1) is 11.6 Å². The highest BCUT2D eigenvalue weighted by Crippen LogP contribution is 2.70. The molecule has 16 atom stereocenters. The Hall–Kier alpha value is -0.610. The van der Waals surface area contributed by atoms with Gasteiger partial charge < -0.3 is 28.4 Å². The van der Waals surface area contributed by atoms with Gasteiger partial charge in [0.15, 0.2) is 0 Å². The van der Waals surface area contributed by atoms with Gasteiger partial charge in [0, 0.05) is 68.3 Å². The third-order valence-corrected chi connectivity index (χ3v) is 18.0. The fraction of sp³-hybridized carbons (Fsp3) is 0.956. The summed E-state index contributed by atoms with van der Waals surface area (Å²) in [6.07, 6.45) is 12.5. The fourth-order valence-corrected chi connectivity index (χ4v) is 14.5. The normalized spacial score (nSPS) is 48.8. The van der Waals surface area contributed by atoms with E-state index in [9.17, 15) is 9.59 Å². The first-order valence-electron chi connectivity index (χ1n) is 21.4. The quantitative estimate of drug-likeness (QED) is 0.151. The molecule has 0 radical (unpaired) electrons. The molecule has 54 heavy (non-hydrogen) atoms. The smallest absolute Gasteiger partial charge is 0.146 e. The van der Waals surface area contributed by atoms with Crippen molar-refractivity contribution in [1.29, 1.82) is 0 Å². The van der Waals surface area contributed by atoms with Crippen molar-refractivity contribution in [2.75, 3.05) is 47.9 Å². The Morgan fingerprint density at radius 3 is 1.61 bits per heavy atom. The lowest BCUT2D eigenvalue weighted by molar-refractivity contribution is -0.220. The molecule has 8 nitrogen and oxygen atoms in total. The number of ether oxygens (including phenoxy) is 6. The molecule has 4 bridgehead atoms. The summed E-state index contributed by atoms with van der Waals surface area (Å²) in [4.78, 5) is 27.2. The number of carbonyl (C=O) groups is 2. The largest absolute Gasteiger partial charge is 0.381 e. The van der Waals surface area contributed by atoms with Crippen molar-refractivity contribution in [3.8, 4) is 0 Å². The molecule has 0 spiro atoms. The Morgan fingerprint density at radius 2 is 1.13 bits per heavy atom. The van der Waals surface area contributed by atoms with E-state index in [4.69, 9.17) is 40.0 Å². The summed E-state index contributed by atoms with van der Waals surface area (Å²) in [5.41, 5.74) is -0.366. The molecular formula is C45H77ClO8. The van der Waals surface area contributed by atoms with Gasteiger partial charge >= 0.3 is 0 Å². The minimum Gasteiger partial charge on any atom is -0.381 e. The molecule has 6 aliphatic rings. The van der Waals surface area contributed by atoms with E-state index in [1.807, 2.05) is 14.2 Å². The van der Waals surface area contributed by atoms with Crippen LogP contribution < -0.4 is 0 Å². The standard InChI is InChI=1S/C24H41ClO4.C21H36O4/c1-16-8-11-24-12-9-18(28-6)20(24)23(16,4)19(29-15-27-5)14-22(3,10-7-13-25)21(26)17(24)2;1-13-11-17(25-12-23-5)20(4)14(2)7-9-21(15(3)18(13)22)10-8-16(24-6)19(20)21/h16-20H,7-15H2,1-6H3;13-17,19H,7-12H2,1-6H3/t16-,17+,18-,19-,20?,22-,23+,24?;13-,14+,15-,16+,17+,19?,20-,21?/m10/s1. The third kappa shape index (κ3) is 7.12. The molecule has 0 amide bonds. The van der Waals surface area contributed by atoms with Gasteiger partial charge in [-0.3, -0.25) is 9.59 Å². The molecule has 6 saturated carbocycles. The first-order chi connectivity index (χ1) is 25.5. The van der Waals surface area contributed by atoms with E-state index in [1.165, 1.54) is 6.42 Å². The van der Waals surface area contributed by atoms with E-state index < -0.39 is 5.41 Å². The summed E-state index contributed by atoms with van der Waals surface area (Å²) in [6.45, 7) is 18.8. The number of rotatable bonds is 11. The number of Topliss-reactive ketones (excluding diaryl/α,β-unsaturated/α-hetero) is 2. The van der Waals surface area contributed by atoms with Crippen LogP contribution in [0.3, 0.4) is 0 Å². The molecule has 4 unspecified atom stereocenters. The van der Waals surface area contributed by atoms with Crippen molar-refractivity contribution in [3.63, 3.8) is 0 Å². The third-order valence-electron chi connectivity index (χ3n) is 17.8. The topological polar surface area (TPSA) is 89.5 Å². The van der Waals surface area contributed by atoms with Gasteiger partial charge in [-0.25, -0.2) is 0 Å². The predicted molar refractivity (Wildman–Crippen MR) is 213 cm³/mol. The van der Waals surface area contributed by atoms with E-state index >= 15 is 0 Å². The second-order valence-electron chi connectivity index (χ2n) is 19.7. The second-order valence-corrected chi connectivity index (χ2v) is 20.1. The number of methoxy groups -OCH3 is 4. The van der Waals surface area contributed by atoms with Crippen LogP contribution in [0.5, 0.6) is 0 Å². The first kappa shape index (κ1) is 44.5. The van der Waals surface area contributed by atoms with E-state index in [0.29, 0.717) is 47.9 Å². The summed E-state index contributed by atoms with van der Waals surface area (Å²) in [6, 6.07) is 0. The average molecular weight is 782 g/mol. The lowest BCUT2D eigenvalue weighted by Gasteiger charge is -2.62. The summed E-state index contributed by atoms with van der Waals surface area (Å²) in [5, 5.41) is 0. The van der Waals surface area contributed by atoms with Crippen LogP contribution in [-0.4, -0.2) is 83.9 Å². The van der Waals surface area contributed by atoms with E-state index in [2.05, 4.69) is 55.4 Å². The Bertz CT molecular complexity index is 1300. The number of halogens is 1. The average Bonchev–Trinajstić information content (AvgIpc) is 3.76. The maximum absolute atomic E-state index is 14.0. The molecule has 0 heterocycles. The highest BCUT2D eigenvalue weighted by Gasteiger charge is 2.69. The predicted octanol–water partition coefficient (Wildman–Crippen LogP) is 9.53. The first-order valence-corrected chi connectivity index (χ1v) is 22.0. The molecule has 0 aromatic carbocycles. The van der Waals surface area contributed by atoms with E-state index in [0.717, 1.165) is 70.6 Å². The Labute approximate surface area is 333 Å². The molecule has 6 rings (SSSR count). The van der Waals surface area contributed by atoms with Crippen molar-refractivity contribution < 1.29 is 38.0 Å². The van der Waals surface area contributed by atoms with Crippen molar-refractivity contribution in [1.82, 2.24) is 0 Å². The number of hydrogen-bond acceptors (Lipinski definition) is 8. The van der Waals surface area contributed by atoms with Gasteiger partial charge in [-0.05, 0) is 112 Å². The molecule has 6 aliphatic carbocycles. The van der Waals surface area contributed by atoms with Crippen LogP contribution >= 0.6 is 11.6 Å². The van der Waals surface area contributed by atoms with Crippen LogP contribution in [0.4, 0.5) is 0 Å². The van der Waals surface area contributed by atoms with Crippen LogP contribution in [0.15, 0.2) is 0 Å². The highest BCUT2D eigenvalue weighted by atomic mass is 35.5. The van der Waals surface area contributed by atoms with Crippen molar-refractivity contribution in [2.45, 2.75) is 157 Å². The molecule has 0 aliphatic heterocycles. The van der Waals surface area contributed by atoms with Crippen molar-refractivity contribution in [3.05, 3.63) is 0 Å². The maximum Gasteiger partial charge on any atom is 0.146 e. The van der Waals surface area contributed by atoms with Gasteiger partial charge in [0.2, 0.25) is 0 Å². The van der Waals surface area contributed by atoms with Crippen LogP contribution in [0.25, 0.3) is 0 Å². The van der Waals surface area contributed by atoms with E-state index in [-0.39, 0.29) is 70.6 Å². The molecule has 0 aromatic heterocycles. The maximum atomic E-state index is 14.0. The molecule has 312 valence electrons. The Balaban J connectivity index is 0.000000210. The summed E-state index contributed by atoms with van der Waals surface area (Å²) >= 11 is 6.05. The highest BCUT2D eigenvalue weighted by molar-refractivity contribution is 6.17. The minimum atomic E-state index is -0.409. The zero-order valence-electron chi connectivity index (χ0n) is 36.1. The number of carbonyl (C=O) groups excluding carboxylic acids is 2. The van der Waals surface area contributed by atoms with Gasteiger partial charge in [0.05, 0.1) is 24.4 Å². The molecule has 0 N–H and O–H groups in total. The van der Waals surface area contributed by atoms with Crippen LogP contribution in [0.2, 0.25) is 0 Å². The van der Waals surface area contributed by atoms with Gasteiger partial charge in [0.1, 0.15) is 25.2 Å². The number of ketones is 2. The van der Waals surface area contributed by atoms with Crippen LogP contribution in [0.1, 0.15) is 132 Å². The van der Waals surface area contributed by atoms with Gasteiger partial charge in [-0.2, -0.15) is 0 Å². The lowest BCUT2D eigenvalue weighted by atomic mass is 9.43.